The Hall–Kier alpha value is -3.69. The number of piperidine rings is 1. The quantitative estimate of drug-likeness (QED) is 0.428. The lowest BCUT2D eigenvalue weighted by Gasteiger charge is -2.43. The Labute approximate surface area is 237 Å². The van der Waals surface area contributed by atoms with Gasteiger partial charge in [-0.3, -0.25) is 20.0 Å². The number of carbonyl (C=O) groups excluding carboxylic acids is 2. The van der Waals surface area contributed by atoms with Gasteiger partial charge in [0.1, 0.15) is 5.82 Å². The molecule has 9 heteroatoms. The standard InChI is InChI=1S/C31H41N7O2/c1-23-8-14-26(15-9-23)38-28(20-27(34-38)31(2,3)4)33-30(40)32-25-12-10-24(11-13-25)21-35-19-16-29(39)37(22-35)36-17-6-5-7-18-36/h8-15,20H,5-7,16-19,21-22H2,1-4H3,(H2,32,33,40). The Kier molecular flexibility index (Phi) is 8.23. The summed E-state index contributed by atoms with van der Waals surface area (Å²) in [5.74, 6) is 0.836. The minimum atomic E-state index is -0.326. The first-order valence-corrected chi connectivity index (χ1v) is 14.3. The van der Waals surface area contributed by atoms with Crippen molar-refractivity contribution in [2.75, 3.05) is 36.9 Å². The van der Waals surface area contributed by atoms with Crippen molar-refractivity contribution in [2.24, 2.45) is 0 Å². The molecule has 2 aromatic carbocycles. The van der Waals surface area contributed by atoms with Crippen molar-refractivity contribution in [3.63, 3.8) is 0 Å². The van der Waals surface area contributed by atoms with Crippen molar-refractivity contribution >= 4 is 23.4 Å². The molecule has 5 rings (SSSR count). The topological polar surface area (TPSA) is 85.7 Å². The summed E-state index contributed by atoms with van der Waals surface area (Å²) in [6, 6.07) is 17.6. The molecular weight excluding hydrogens is 502 g/mol. The summed E-state index contributed by atoms with van der Waals surface area (Å²) in [5, 5.41) is 14.9. The lowest BCUT2D eigenvalue weighted by Crippen LogP contribution is -2.56. The first-order valence-electron chi connectivity index (χ1n) is 14.3. The highest BCUT2D eigenvalue weighted by Gasteiger charge is 2.29. The summed E-state index contributed by atoms with van der Waals surface area (Å²) in [7, 11) is 0. The number of anilines is 2. The van der Waals surface area contributed by atoms with Gasteiger partial charge in [0.25, 0.3) is 0 Å². The Balaban J connectivity index is 1.21. The van der Waals surface area contributed by atoms with Crippen LogP contribution >= 0.6 is 0 Å². The van der Waals surface area contributed by atoms with Gasteiger partial charge in [-0.15, -0.1) is 0 Å². The third-order valence-electron chi connectivity index (χ3n) is 7.55. The van der Waals surface area contributed by atoms with Crippen LogP contribution in [0.3, 0.4) is 0 Å². The number of carbonyl (C=O) groups is 2. The first-order chi connectivity index (χ1) is 19.2. The zero-order valence-corrected chi connectivity index (χ0v) is 24.1. The van der Waals surface area contributed by atoms with Crippen LogP contribution in [0.5, 0.6) is 0 Å². The number of aryl methyl sites for hydroxylation is 1. The monoisotopic (exact) mass is 543 g/mol. The number of aromatic nitrogens is 2. The molecule has 0 radical (unpaired) electrons. The van der Waals surface area contributed by atoms with Crippen molar-refractivity contribution in [3.05, 3.63) is 71.4 Å². The maximum Gasteiger partial charge on any atom is 0.324 e. The van der Waals surface area contributed by atoms with E-state index in [4.69, 9.17) is 5.10 Å². The lowest BCUT2D eigenvalue weighted by atomic mass is 9.92. The third-order valence-corrected chi connectivity index (χ3v) is 7.55. The van der Waals surface area contributed by atoms with Crippen LogP contribution in [-0.2, 0) is 16.8 Å². The molecule has 212 valence electrons. The highest BCUT2D eigenvalue weighted by molar-refractivity contribution is 5.99. The average molecular weight is 544 g/mol. The molecule has 0 spiro atoms. The number of rotatable bonds is 6. The second-order valence-corrected chi connectivity index (χ2v) is 11.9. The van der Waals surface area contributed by atoms with Crippen LogP contribution in [-0.4, -0.2) is 62.9 Å². The average Bonchev–Trinajstić information content (AvgIpc) is 3.36. The second-order valence-electron chi connectivity index (χ2n) is 11.9. The Bertz CT molecular complexity index is 1320. The highest BCUT2D eigenvalue weighted by atomic mass is 16.2. The van der Waals surface area contributed by atoms with Gasteiger partial charge in [0, 0.05) is 49.8 Å². The molecule has 2 aliphatic heterocycles. The number of urea groups is 1. The summed E-state index contributed by atoms with van der Waals surface area (Å²) >= 11 is 0. The predicted octanol–water partition coefficient (Wildman–Crippen LogP) is 5.51. The molecule has 2 N–H and O–H groups in total. The number of amides is 3. The Morgan fingerprint density at radius 2 is 1.62 bits per heavy atom. The summed E-state index contributed by atoms with van der Waals surface area (Å²) in [6.45, 7) is 12.4. The predicted molar refractivity (Wildman–Crippen MR) is 158 cm³/mol. The molecule has 0 bridgehead atoms. The molecule has 2 fully saturated rings. The van der Waals surface area contributed by atoms with Crippen LogP contribution < -0.4 is 10.6 Å². The van der Waals surface area contributed by atoms with Crippen LogP contribution in [0.1, 0.15) is 63.3 Å². The van der Waals surface area contributed by atoms with Crippen molar-refractivity contribution in [2.45, 2.75) is 65.3 Å². The number of hydrogen-bond donors (Lipinski definition) is 2. The zero-order chi connectivity index (χ0) is 28.3. The van der Waals surface area contributed by atoms with E-state index in [9.17, 15) is 9.59 Å². The van der Waals surface area contributed by atoms with Crippen LogP contribution in [0.25, 0.3) is 5.69 Å². The van der Waals surface area contributed by atoms with Gasteiger partial charge in [-0.05, 0) is 49.6 Å². The fourth-order valence-electron chi connectivity index (χ4n) is 5.17. The number of nitrogens with one attached hydrogen (secondary N) is 2. The molecule has 1 aromatic heterocycles. The van der Waals surface area contributed by atoms with Crippen molar-refractivity contribution in [1.29, 1.82) is 0 Å². The summed E-state index contributed by atoms with van der Waals surface area (Å²) in [4.78, 5) is 27.8. The first kappa shape index (κ1) is 27.9. The number of hydrazine groups is 1. The van der Waals surface area contributed by atoms with Crippen molar-refractivity contribution in [1.82, 2.24) is 24.7 Å². The molecule has 2 saturated heterocycles. The normalized spacial score (nSPS) is 17.2. The molecule has 0 atom stereocenters. The molecule has 2 aliphatic rings. The number of benzene rings is 2. The summed E-state index contributed by atoms with van der Waals surface area (Å²) in [5.41, 5.74) is 4.64. The molecule has 9 nitrogen and oxygen atoms in total. The SMILES string of the molecule is Cc1ccc(-n2nc(C(C)(C)C)cc2NC(=O)Nc2ccc(CN3CCC(=O)N(N4CCCCC4)C3)cc2)cc1. The smallest absolute Gasteiger partial charge is 0.308 e. The van der Waals surface area contributed by atoms with Crippen molar-refractivity contribution in [3.8, 4) is 5.69 Å². The van der Waals surface area contributed by atoms with Crippen LogP contribution in [0, 0.1) is 6.92 Å². The Morgan fingerprint density at radius 3 is 2.30 bits per heavy atom. The minimum absolute atomic E-state index is 0.162. The van der Waals surface area contributed by atoms with Gasteiger partial charge in [0.05, 0.1) is 18.1 Å². The molecule has 0 unspecified atom stereocenters. The molecule has 3 amide bonds. The van der Waals surface area contributed by atoms with E-state index < -0.39 is 0 Å². The van der Waals surface area contributed by atoms with E-state index in [2.05, 4.69) is 41.3 Å². The molecule has 0 saturated carbocycles. The highest BCUT2D eigenvalue weighted by Crippen LogP contribution is 2.27. The van der Waals surface area contributed by atoms with Gasteiger partial charge in [0.15, 0.2) is 0 Å². The molecule has 0 aliphatic carbocycles. The largest absolute Gasteiger partial charge is 0.324 e. The molecule has 3 aromatic rings. The number of nitrogens with zero attached hydrogens (tertiary/aromatic N) is 5. The minimum Gasteiger partial charge on any atom is -0.308 e. The molecule has 3 heterocycles. The van der Waals surface area contributed by atoms with Gasteiger partial charge in [-0.25, -0.2) is 14.5 Å². The van der Waals surface area contributed by atoms with Gasteiger partial charge in [-0.2, -0.15) is 5.10 Å². The van der Waals surface area contributed by atoms with Gasteiger partial charge in [0.2, 0.25) is 5.91 Å². The zero-order valence-electron chi connectivity index (χ0n) is 24.1. The van der Waals surface area contributed by atoms with Crippen LogP contribution in [0.2, 0.25) is 0 Å². The van der Waals surface area contributed by atoms with E-state index in [0.717, 1.165) is 61.5 Å². The van der Waals surface area contributed by atoms with Crippen molar-refractivity contribution < 1.29 is 9.59 Å². The van der Waals surface area contributed by atoms with Gasteiger partial charge in [-0.1, -0.05) is 57.0 Å². The van der Waals surface area contributed by atoms with E-state index in [0.29, 0.717) is 24.6 Å². The lowest BCUT2D eigenvalue weighted by molar-refractivity contribution is -0.164. The summed E-state index contributed by atoms with van der Waals surface area (Å²) in [6.07, 6.45) is 4.09. The van der Waals surface area contributed by atoms with E-state index in [-0.39, 0.29) is 17.4 Å². The fraction of sp³-hybridized carbons (Fsp3) is 0.452. The van der Waals surface area contributed by atoms with Crippen LogP contribution in [0.4, 0.5) is 16.3 Å². The Morgan fingerprint density at radius 1 is 0.925 bits per heavy atom. The van der Waals surface area contributed by atoms with E-state index in [1.54, 1.807) is 4.68 Å². The van der Waals surface area contributed by atoms with Gasteiger partial charge >= 0.3 is 6.03 Å². The van der Waals surface area contributed by atoms with E-state index in [1.165, 1.54) is 6.42 Å². The molecule has 40 heavy (non-hydrogen) atoms. The maximum atomic E-state index is 13.0. The van der Waals surface area contributed by atoms with E-state index in [1.807, 2.05) is 66.5 Å². The maximum absolute atomic E-state index is 13.0. The molecular formula is C31H41N7O2. The van der Waals surface area contributed by atoms with Gasteiger partial charge < -0.3 is 5.32 Å². The van der Waals surface area contributed by atoms with E-state index >= 15 is 0 Å². The second kappa shape index (κ2) is 11.8. The summed E-state index contributed by atoms with van der Waals surface area (Å²) < 4.78 is 1.78. The third kappa shape index (κ3) is 6.71. The number of hydrogen-bond acceptors (Lipinski definition) is 5. The van der Waals surface area contributed by atoms with Crippen LogP contribution in [0.15, 0.2) is 54.6 Å². The fourth-order valence-corrected chi connectivity index (χ4v) is 5.17.